The van der Waals surface area contributed by atoms with E-state index in [4.69, 9.17) is 11.6 Å². The third-order valence-corrected chi connectivity index (χ3v) is 5.22. The average Bonchev–Trinajstić information content (AvgIpc) is 2.66. The Hall–Kier alpha value is -1.95. The van der Waals surface area contributed by atoms with E-state index in [0.717, 1.165) is 37.5 Å². The van der Waals surface area contributed by atoms with Crippen LogP contribution in [0, 0.1) is 6.92 Å². The number of aliphatic imine (C=N–C) groups is 1. The molecule has 3 rings (SSSR count). The maximum Gasteiger partial charge on any atom is 0.145 e. The van der Waals surface area contributed by atoms with Crippen molar-refractivity contribution in [1.82, 2.24) is 4.98 Å². The minimum atomic E-state index is -0.161. The van der Waals surface area contributed by atoms with E-state index in [1.165, 1.54) is 5.56 Å². The van der Waals surface area contributed by atoms with E-state index in [9.17, 15) is 10.2 Å². The number of benzene rings is 1. The van der Waals surface area contributed by atoms with Crippen molar-refractivity contribution in [2.75, 3.05) is 13.1 Å². The van der Waals surface area contributed by atoms with Gasteiger partial charge in [-0.3, -0.25) is 9.98 Å². The topological polar surface area (TPSA) is 70.2 Å². The van der Waals surface area contributed by atoms with Gasteiger partial charge < -0.3 is 15.1 Å². The molecule has 0 spiro atoms. The van der Waals surface area contributed by atoms with Gasteiger partial charge in [0, 0.05) is 47.0 Å². The summed E-state index contributed by atoms with van der Waals surface area (Å²) in [4.78, 5) is 10.3. The largest absolute Gasteiger partial charge is 0.505 e. The number of aromatic hydroxyl groups is 1. The molecule has 3 N–H and O–H groups in total. The molecule has 1 fully saturated rings. The molecule has 0 amide bonds. The highest BCUT2D eigenvalue weighted by atomic mass is 35.5. The molecule has 0 saturated carbocycles. The third kappa shape index (κ3) is 4.61. The summed E-state index contributed by atoms with van der Waals surface area (Å²) < 4.78 is 0. The van der Waals surface area contributed by atoms with Crippen LogP contribution in [0.3, 0.4) is 0 Å². The van der Waals surface area contributed by atoms with Gasteiger partial charge in [0.25, 0.3) is 0 Å². The molecule has 1 aromatic heterocycles. The van der Waals surface area contributed by atoms with Crippen molar-refractivity contribution in [3.05, 3.63) is 57.9 Å². The van der Waals surface area contributed by atoms with Crippen LogP contribution < -0.4 is 4.90 Å². The van der Waals surface area contributed by atoms with E-state index >= 15 is 0 Å². The molecule has 138 valence electrons. The summed E-state index contributed by atoms with van der Waals surface area (Å²) in [5.41, 5.74) is 3.03. The van der Waals surface area contributed by atoms with Crippen molar-refractivity contribution >= 4 is 17.8 Å². The molecule has 0 bridgehead atoms. The monoisotopic (exact) mass is 374 g/mol. The number of quaternary nitrogens is 1. The molecular weight excluding hydrogens is 350 g/mol. The minimum Gasteiger partial charge on any atom is -0.505 e. The van der Waals surface area contributed by atoms with Crippen molar-refractivity contribution in [2.45, 2.75) is 39.0 Å². The highest BCUT2D eigenvalue weighted by molar-refractivity contribution is 6.30. The van der Waals surface area contributed by atoms with Crippen LogP contribution in [0.4, 0.5) is 0 Å². The maximum atomic E-state index is 10.2. The number of aliphatic hydroxyl groups is 1. The van der Waals surface area contributed by atoms with Gasteiger partial charge in [-0.15, -0.1) is 0 Å². The first-order valence-electron chi connectivity index (χ1n) is 8.96. The van der Waals surface area contributed by atoms with E-state index in [-0.39, 0.29) is 18.4 Å². The molecular formula is C20H25ClN3O2+. The van der Waals surface area contributed by atoms with Gasteiger partial charge in [-0.2, -0.15) is 0 Å². The van der Waals surface area contributed by atoms with Crippen LogP contribution in [0.5, 0.6) is 5.75 Å². The molecule has 0 unspecified atom stereocenters. The van der Waals surface area contributed by atoms with Gasteiger partial charge in [-0.25, -0.2) is 0 Å². The van der Waals surface area contributed by atoms with Gasteiger partial charge >= 0.3 is 0 Å². The summed E-state index contributed by atoms with van der Waals surface area (Å²) in [5.74, 6) is 0.103. The van der Waals surface area contributed by atoms with Crippen molar-refractivity contribution in [3.8, 4) is 5.75 Å². The molecule has 0 radical (unpaired) electrons. The van der Waals surface area contributed by atoms with E-state index in [1.54, 1.807) is 24.2 Å². The number of nitrogens with zero attached hydrogens (tertiary/aromatic N) is 2. The number of hydrogen-bond acceptors (Lipinski definition) is 4. The van der Waals surface area contributed by atoms with E-state index in [1.807, 2.05) is 12.1 Å². The molecule has 0 atom stereocenters. The molecule has 2 heterocycles. The zero-order chi connectivity index (χ0) is 18.5. The summed E-state index contributed by atoms with van der Waals surface area (Å²) in [7, 11) is 0. The first kappa shape index (κ1) is 18.8. The molecule has 2 aromatic rings. The normalized spacial score (nSPS) is 20.6. The molecule has 6 heteroatoms. The molecule has 1 aromatic carbocycles. The Kier molecular flexibility index (Phi) is 6.25. The van der Waals surface area contributed by atoms with Crippen molar-refractivity contribution < 1.29 is 15.1 Å². The van der Waals surface area contributed by atoms with Crippen LogP contribution in [0.2, 0.25) is 5.02 Å². The number of hydrogen-bond donors (Lipinski definition) is 3. The lowest BCUT2D eigenvalue weighted by molar-refractivity contribution is -0.918. The number of halogens is 1. The number of nitrogens with one attached hydrogen (secondary N) is 1. The Bertz CT molecular complexity index is 769. The number of rotatable bonds is 5. The number of aryl methyl sites for hydroxylation is 1. The second-order valence-corrected chi connectivity index (χ2v) is 7.29. The standard InChI is InChI=1S/C20H24ClN3O2/c1-14-20(26)19(16(13-25)10-22-14)11-23-18-6-8-24(9-7-18)12-15-2-4-17(21)5-3-15/h2-5,10-11,18,25-26H,6-9,12-13H2,1H3/p+1. The SMILES string of the molecule is Cc1ncc(CO)c(C=NC2CC[NH+](Cc3ccc(Cl)cc3)CC2)c1O. The summed E-state index contributed by atoms with van der Waals surface area (Å²) in [5, 5.41) is 20.4. The third-order valence-electron chi connectivity index (χ3n) is 4.97. The van der Waals surface area contributed by atoms with Gasteiger partial charge in [-0.05, 0) is 19.1 Å². The summed E-state index contributed by atoms with van der Waals surface area (Å²) >= 11 is 5.94. The van der Waals surface area contributed by atoms with Crippen molar-refractivity contribution in [2.24, 2.45) is 4.99 Å². The minimum absolute atomic E-state index is 0.103. The fourth-order valence-electron chi connectivity index (χ4n) is 3.33. The lowest BCUT2D eigenvalue weighted by Gasteiger charge is -2.27. The van der Waals surface area contributed by atoms with Crippen molar-refractivity contribution in [3.63, 3.8) is 0 Å². The number of piperidine rings is 1. The first-order valence-corrected chi connectivity index (χ1v) is 9.34. The van der Waals surface area contributed by atoms with E-state index < -0.39 is 0 Å². The van der Waals surface area contributed by atoms with Crippen LogP contribution in [-0.2, 0) is 13.2 Å². The smallest absolute Gasteiger partial charge is 0.145 e. The Morgan fingerprint density at radius 1 is 1.27 bits per heavy atom. The van der Waals surface area contributed by atoms with Crippen LogP contribution in [0.25, 0.3) is 0 Å². The first-order chi connectivity index (χ1) is 12.6. The molecule has 1 aliphatic rings. The average molecular weight is 375 g/mol. The van der Waals surface area contributed by atoms with Crippen LogP contribution in [-0.4, -0.2) is 40.5 Å². The number of likely N-dealkylation sites (tertiary alicyclic amines) is 1. The van der Waals surface area contributed by atoms with Gasteiger partial charge in [-0.1, -0.05) is 23.7 Å². The molecule has 0 aliphatic carbocycles. The molecule has 26 heavy (non-hydrogen) atoms. The lowest BCUT2D eigenvalue weighted by Crippen LogP contribution is -3.12. The number of aromatic nitrogens is 1. The van der Waals surface area contributed by atoms with Gasteiger partial charge in [0.2, 0.25) is 0 Å². The Labute approximate surface area is 159 Å². The Morgan fingerprint density at radius 3 is 2.62 bits per heavy atom. The second kappa shape index (κ2) is 8.62. The highest BCUT2D eigenvalue weighted by Crippen LogP contribution is 2.22. The van der Waals surface area contributed by atoms with Crippen LogP contribution in [0.15, 0.2) is 35.5 Å². The Balaban J connectivity index is 1.58. The molecule has 5 nitrogen and oxygen atoms in total. The van der Waals surface area contributed by atoms with Crippen LogP contribution in [0.1, 0.15) is 35.2 Å². The summed E-state index contributed by atoms with van der Waals surface area (Å²) in [6.45, 7) is 4.72. The fraction of sp³-hybridized carbons (Fsp3) is 0.400. The quantitative estimate of drug-likeness (QED) is 0.700. The molecule has 1 aliphatic heterocycles. The van der Waals surface area contributed by atoms with Gasteiger partial charge in [0.05, 0.1) is 31.4 Å². The number of pyridine rings is 1. The fourth-order valence-corrected chi connectivity index (χ4v) is 3.46. The zero-order valence-corrected chi connectivity index (χ0v) is 15.7. The number of aliphatic hydroxyl groups excluding tert-OH is 1. The predicted molar refractivity (Wildman–Crippen MR) is 103 cm³/mol. The van der Waals surface area contributed by atoms with Crippen LogP contribution >= 0.6 is 11.6 Å². The van der Waals surface area contributed by atoms with E-state index in [2.05, 4.69) is 22.1 Å². The summed E-state index contributed by atoms with van der Waals surface area (Å²) in [6.07, 6.45) is 5.32. The predicted octanol–water partition coefficient (Wildman–Crippen LogP) is 1.91. The summed E-state index contributed by atoms with van der Waals surface area (Å²) in [6, 6.07) is 8.31. The molecule has 1 saturated heterocycles. The highest BCUT2D eigenvalue weighted by Gasteiger charge is 2.21. The van der Waals surface area contributed by atoms with Crippen molar-refractivity contribution in [1.29, 1.82) is 0 Å². The van der Waals surface area contributed by atoms with Gasteiger partial charge in [0.1, 0.15) is 12.3 Å². The Morgan fingerprint density at radius 2 is 1.96 bits per heavy atom. The second-order valence-electron chi connectivity index (χ2n) is 6.85. The lowest BCUT2D eigenvalue weighted by atomic mass is 10.0. The van der Waals surface area contributed by atoms with Gasteiger partial charge in [0.15, 0.2) is 0 Å². The van der Waals surface area contributed by atoms with E-state index in [0.29, 0.717) is 16.8 Å². The zero-order valence-electron chi connectivity index (χ0n) is 15.0. The maximum absolute atomic E-state index is 10.2.